The number of esters is 1. The molecule has 1 atom stereocenters. The van der Waals surface area contributed by atoms with Crippen molar-refractivity contribution >= 4 is 5.97 Å². The van der Waals surface area contributed by atoms with Gasteiger partial charge in [-0.25, -0.2) is 0 Å². The molecule has 1 aromatic carbocycles. The number of aryl methyl sites for hydroxylation is 1. The fourth-order valence-corrected chi connectivity index (χ4v) is 1.23. The Kier molecular flexibility index (Phi) is 3.69. The maximum atomic E-state index is 10.6. The van der Waals surface area contributed by atoms with E-state index >= 15 is 0 Å². The highest BCUT2D eigenvalue weighted by Gasteiger charge is 2.06. The summed E-state index contributed by atoms with van der Waals surface area (Å²) in [5.74, 6) is 0.0449. The zero-order chi connectivity index (χ0) is 10.6. The Balaban J connectivity index is 2.56. The summed E-state index contributed by atoms with van der Waals surface area (Å²) in [5.41, 5.74) is 2.45. The second kappa shape index (κ2) is 4.80. The zero-order valence-electron chi connectivity index (χ0n) is 8.91. The van der Waals surface area contributed by atoms with Gasteiger partial charge in [-0.2, -0.15) is 0 Å². The van der Waals surface area contributed by atoms with Crippen molar-refractivity contribution in [2.24, 2.45) is 0 Å². The van der Waals surface area contributed by atoms with Crippen molar-refractivity contribution in [1.29, 1.82) is 0 Å². The highest BCUT2D eigenvalue weighted by atomic mass is 16.5. The van der Waals surface area contributed by atoms with Crippen LogP contribution in [0.2, 0.25) is 0 Å². The summed E-state index contributed by atoms with van der Waals surface area (Å²) in [7, 11) is 0. The van der Waals surface area contributed by atoms with Gasteiger partial charge in [0.05, 0.1) is 6.61 Å². The molecule has 0 radical (unpaired) electrons. The van der Waals surface area contributed by atoms with Crippen LogP contribution in [0.1, 0.15) is 30.9 Å². The van der Waals surface area contributed by atoms with Gasteiger partial charge in [0.25, 0.3) is 0 Å². The first-order valence-corrected chi connectivity index (χ1v) is 4.79. The molecule has 0 saturated heterocycles. The number of hydrogen-bond donors (Lipinski definition) is 0. The third-order valence-electron chi connectivity index (χ3n) is 2.18. The summed E-state index contributed by atoms with van der Waals surface area (Å²) in [5, 5.41) is 0. The molecule has 1 rings (SSSR count). The molecule has 0 aromatic heterocycles. The van der Waals surface area contributed by atoms with Gasteiger partial charge in [-0.15, -0.1) is 0 Å². The first-order chi connectivity index (χ1) is 6.59. The molecule has 0 saturated carbocycles. The minimum Gasteiger partial charge on any atom is -0.465 e. The molecular formula is C12H16O2. The lowest BCUT2D eigenvalue weighted by atomic mass is 10.0. The Morgan fingerprint density at radius 2 is 1.93 bits per heavy atom. The van der Waals surface area contributed by atoms with E-state index in [1.807, 2.05) is 6.92 Å². The maximum absolute atomic E-state index is 10.6. The molecule has 2 nitrogen and oxygen atoms in total. The van der Waals surface area contributed by atoms with Crippen LogP contribution < -0.4 is 0 Å². The SMILES string of the molecule is CC(=O)OC[C@@H](C)c1ccc(C)cc1. The lowest BCUT2D eigenvalue weighted by Crippen LogP contribution is -2.07. The van der Waals surface area contributed by atoms with E-state index in [2.05, 4.69) is 31.2 Å². The second-order valence-electron chi connectivity index (χ2n) is 3.61. The van der Waals surface area contributed by atoms with Crippen molar-refractivity contribution in [2.75, 3.05) is 6.61 Å². The molecule has 0 aliphatic heterocycles. The third-order valence-corrected chi connectivity index (χ3v) is 2.18. The van der Waals surface area contributed by atoms with E-state index in [-0.39, 0.29) is 11.9 Å². The van der Waals surface area contributed by atoms with Crippen LogP contribution in [0.25, 0.3) is 0 Å². The van der Waals surface area contributed by atoms with Gasteiger partial charge in [-0.05, 0) is 12.5 Å². The highest BCUT2D eigenvalue weighted by molar-refractivity contribution is 5.65. The van der Waals surface area contributed by atoms with Crippen molar-refractivity contribution in [3.05, 3.63) is 35.4 Å². The van der Waals surface area contributed by atoms with Crippen LogP contribution >= 0.6 is 0 Å². The fourth-order valence-electron chi connectivity index (χ4n) is 1.23. The molecule has 0 aliphatic carbocycles. The lowest BCUT2D eigenvalue weighted by Gasteiger charge is -2.11. The molecular weight excluding hydrogens is 176 g/mol. The topological polar surface area (TPSA) is 26.3 Å². The Morgan fingerprint density at radius 1 is 1.36 bits per heavy atom. The number of benzene rings is 1. The Labute approximate surface area is 84.9 Å². The summed E-state index contributed by atoms with van der Waals surface area (Å²) < 4.78 is 4.95. The Morgan fingerprint density at radius 3 is 2.43 bits per heavy atom. The Hall–Kier alpha value is -1.31. The smallest absolute Gasteiger partial charge is 0.302 e. The first-order valence-electron chi connectivity index (χ1n) is 4.79. The van der Waals surface area contributed by atoms with Gasteiger partial charge in [0, 0.05) is 12.8 Å². The van der Waals surface area contributed by atoms with Crippen LogP contribution in [0.4, 0.5) is 0 Å². The number of hydrogen-bond acceptors (Lipinski definition) is 2. The molecule has 0 aliphatic rings. The predicted octanol–water partition coefficient (Wildman–Crippen LogP) is 2.66. The van der Waals surface area contributed by atoms with Crippen LogP contribution in [0, 0.1) is 6.92 Å². The molecule has 14 heavy (non-hydrogen) atoms. The minimum absolute atomic E-state index is 0.219. The van der Waals surface area contributed by atoms with Crippen molar-refractivity contribution in [1.82, 2.24) is 0 Å². The van der Waals surface area contributed by atoms with Gasteiger partial charge < -0.3 is 4.74 Å². The van der Waals surface area contributed by atoms with E-state index in [1.165, 1.54) is 18.1 Å². The highest BCUT2D eigenvalue weighted by Crippen LogP contribution is 2.15. The molecule has 0 amide bonds. The summed E-state index contributed by atoms with van der Waals surface area (Å²) in [4.78, 5) is 10.6. The second-order valence-corrected chi connectivity index (χ2v) is 3.61. The number of ether oxygens (including phenoxy) is 1. The minimum atomic E-state index is -0.219. The first kappa shape index (κ1) is 10.8. The van der Waals surface area contributed by atoms with Crippen LogP contribution in [-0.2, 0) is 9.53 Å². The third kappa shape index (κ3) is 3.21. The summed E-state index contributed by atoms with van der Waals surface area (Å²) in [6, 6.07) is 8.28. The van der Waals surface area contributed by atoms with E-state index in [0.717, 1.165) is 0 Å². The van der Waals surface area contributed by atoms with Gasteiger partial charge in [-0.1, -0.05) is 36.8 Å². The van der Waals surface area contributed by atoms with Gasteiger partial charge >= 0.3 is 5.97 Å². The van der Waals surface area contributed by atoms with Gasteiger partial charge in [0.1, 0.15) is 0 Å². The molecule has 0 unspecified atom stereocenters. The number of carbonyl (C=O) groups excluding carboxylic acids is 1. The van der Waals surface area contributed by atoms with Crippen molar-refractivity contribution in [3.8, 4) is 0 Å². The molecule has 2 heteroatoms. The predicted molar refractivity (Wildman–Crippen MR) is 56.2 cm³/mol. The largest absolute Gasteiger partial charge is 0.465 e. The normalized spacial score (nSPS) is 12.2. The van der Waals surface area contributed by atoms with Gasteiger partial charge in [0.2, 0.25) is 0 Å². The van der Waals surface area contributed by atoms with E-state index in [0.29, 0.717) is 6.61 Å². The van der Waals surface area contributed by atoms with Crippen molar-refractivity contribution < 1.29 is 9.53 Å². The zero-order valence-corrected chi connectivity index (χ0v) is 8.91. The number of carbonyl (C=O) groups is 1. The van der Waals surface area contributed by atoms with Crippen LogP contribution in [0.5, 0.6) is 0 Å². The molecule has 0 bridgehead atoms. The number of rotatable bonds is 3. The average molecular weight is 192 g/mol. The van der Waals surface area contributed by atoms with E-state index in [1.54, 1.807) is 0 Å². The molecule has 0 fully saturated rings. The van der Waals surface area contributed by atoms with E-state index in [9.17, 15) is 4.79 Å². The molecule has 76 valence electrons. The summed E-state index contributed by atoms with van der Waals surface area (Å²) >= 11 is 0. The summed E-state index contributed by atoms with van der Waals surface area (Å²) in [6.45, 7) is 5.99. The average Bonchev–Trinajstić information content (AvgIpc) is 2.15. The quantitative estimate of drug-likeness (QED) is 0.688. The van der Waals surface area contributed by atoms with E-state index < -0.39 is 0 Å². The van der Waals surface area contributed by atoms with Crippen molar-refractivity contribution in [3.63, 3.8) is 0 Å². The van der Waals surface area contributed by atoms with Gasteiger partial charge in [0.15, 0.2) is 0 Å². The van der Waals surface area contributed by atoms with Gasteiger partial charge in [-0.3, -0.25) is 4.79 Å². The standard InChI is InChI=1S/C12H16O2/c1-9-4-6-12(7-5-9)10(2)8-14-11(3)13/h4-7,10H,8H2,1-3H3/t10-/m1/s1. The van der Waals surface area contributed by atoms with Crippen LogP contribution in [-0.4, -0.2) is 12.6 Å². The lowest BCUT2D eigenvalue weighted by molar-refractivity contribution is -0.141. The fraction of sp³-hybridized carbons (Fsp3) is 0.417. The molecule has 1 aromatic rings. The van der Waals surface area contributed by atoms with Crippen molar-refractivity contribution in [2.45, 2.75) is 26.7 Å². The van der Waals surface area contributed by atoms with Crippen LogP contribution in [0.3, 0.4) is 0 Å². The molecule has 0 N–H and O–H groups in total. The Bertz CT molecular complexity index is 301. The molecule has 0 heterocycles. The summed E-state index contributed by atoms with van der Waals surface area (Å²) in [6.07, 6.45) is 0. The maximum Gasteiger partial charge on any atom is 0.302 e. The molecule has 0 spiro atoms. The van der Waals surface area contributed by atoms with Crippen LogP contribution in [0.15, 0.2) is 24.3 Å². The monoisotopic (exact) mass is 192 g/mol. The van der Waals surface area contributed by atoms with E-state index in [4.69, 9.17) is 4.74 Å².